The summed E-state index contributed by atoms with van der Waals surface area (Å²) in [5.41, 5.74) is 20.3. The van der Waals surface area contributed by atoms with E-state index < -0.39 is 0 Å². The molecule has 0 saturated carbocycles. The molecule has 0 aliphatic carbocycles. The molecule has 0 aliphatic rings. The predicted molar refractivity (Wildman–Crippen MR) is 283 cm³/mol. The van der Waals surface area contributed by atoms with E-state index in [-0.39, 0.29) is 0 Å². The van der Waals surface area contributed by atoms with Crippen LogP contribution in [0.15, 0.2) is 138 Å². The van der Waals surface area contributed by atoms with E-state index in [1.165, 1.54) is 136 Å². The second-order valence-electron chi connectivity index (χ2n) is 17.0. The van der Waals surface area contributed by atoms with Crippen molar-refractivity contribution in [3.05, 3.63) is 133 Å². The van der Waals surface area contributed by atoms with Crippen LogP contribution in [0, 0.1) is 0 Å². The smallest absolute Gasteiger partial charge is 0.139 e. The summed E-state index contributed by atoms with van der Waals surface area (Å²) in [7, 11) is 18.6. The van der Waals surface area contributed by atoms with Crippen LogP contribution in [0.2, 0.25) is 0 Å². The van der Waals surface area contributed by atoms with Gasteiger partial charge in [-0.2, -0.15) is 0 Å². The quantitative estimate of drug-likeness (QED) is 0.146. The highest BCUT2D eigenvalue weighted by Gasteiger charge is 2.26. The fraction of sp³-hybridized carbons (Fsp3) is 0. The Morgan fingerprint density at radius 2 is 0.729 bits per heavy atom. The molecule has 10 aromatic carbocycles. The zero-order valence-electron chi connectivity index (χ0n) is 35.1. The maximum absolute atomic E-state index is 6.55. The molecule has 0 atom stereocenters. The highest BCUT2D eigenvalue weighted by Crippen LogP contribution is 2.44. The third-order valence-electron chi connectivity index (χ3n) is 14.3. The van der Waals surface area contributed by atoms with Gasteiger partial charge in [0.25, 0.3) is 0 Å². The molecule has 1 heterocycles. The standard InChI is InChI=1S/C50H38B8O/c51-43-39-36(28-9-5-8-25(21-28)26-14-17-31-27(20-26)13-12-23-6-1-3-10-30(23)31)40-42(46(54)50(58)48(56)44(40)52)37(41(39)45(53)49(57)47(43)55)29-16-18-34-33(22-29)38-32-11-4-2-7-24(32)15-19-35(38)59-34/h1-22H,51-58H2. The van der Waals surface area contributed by atoms with Gasteiger partial charge >= 0.3 is 0 Å². The maximum Gasteiger partial charge on any atom is 0.139 e. The van der Waals surface area contributed by atoms with Gasteiger partial charge in [0.1, 0.15) is 73.9 Å². The molecule has 268 valence electrons. The fourth-order valence-corrected chi connectivity index (χ4v) is 10.5. The Bertz CT molecular complexity index is 3580. The summed E-state index contributed by atoms with van der Waals surface area (Å²) >= 11 is 0. The number of hydrogen-bond donors (Lipinski definition) is 0. The first-order chi connectivity index (χ1) is 28.6. The van der Waals surface area contributed by atoms with E-state index in [2.05, 4.69) is 196 Å². The van der Waals surface area contributed by atoms with Gasteiger partial charge in [-0.25, -0.2) is 0 Å². The summed E-state index contributed by atoms with van der Waals surface area (Å²) in [6, 6.07) is 49.4. The van der Waals surface area contributed by atoms with Gasteiger partial charge in [-0.05, 0) is 118 Å². The minimum absolute atomic E-state index is 0.920. The Morgan fingerprint density at radius 1 is 0.271 bits per heavy atom. The molecule has 0 fully saturated rings. The Kier molecular flexibility index (Phi) is 8.02. The highest BCUT2D eigenvalue weighted by atomic mass is 16.3. The van der Waals surface area contributed by atoms with E-state index in [4.69, 9.17) is 4.42 Å². The molecule has 9 heteroatoms. The lowest BCUT2D eigenvalue weighted by atomic mass is 9.59. The molecular formula is C50H38B8O. The average Bonchev–Trinajstić information content (AvgIpc) is 3.66. The first kappa shape index (κ1) is 35.9. The van der Waals surface area contributed by atoms with E-state index in [9.17, 15) is 0 Å². The fourth-order valence-electron chi connectivity index (χ4n) is 10.5. The average molecular weight is 741 g/mol. The zero-order valence-corrected chi connectivity index (χ0v) is 35.1. The highest BCUT2D eigenvalue weighted by molar-refractivity contribution is 6.71. The Hall–Kier alpha value is -6.18. The Morgan fingerprint density at radius 3 is 1.37 bits per heavy atom. The molecule has 11 rings (SSSR count). The van der Waals surface area contributed by atoms with E-state index in [1.807, 2.05) is 0 Å². The third kappa shape index (κ3) is 5.16. The van der Waals surface area contributed by atoms with Crippen LogP contribution < -0.4 is 43.7 Å². The molecule has 0 N–H and O–H groups in total. The van der Waals surface area contributed by atoms with Gasteiger partial charge in [0.2, 0.25) is 0 Å². The first-order valence-electron chi connectivity index (χ1n) is 20.9. The molecule has 0 bridgehead atoms. The topological polar surface area (TPSA) is 13.1 Å². The van der Waals surface area contributed by atoms with Gasteiger partial charge in [0.15, 0.2) is 0 Å². The van der Waals surface area contributed by atoms with Crippen molar-refractivity contribution in [1.29, 1.82) is 0 Å². The van der Waals surface area contributed by atoms with E-state index in [0.29, 0.717) is 0 Å². The summed E-state index contributed by atoms with van der Waals surface area (Å²) in [4.78, 5) is 0. The lowest BCUT2D eigenvalue weighted by Gasteiger charge is -2.28. The predicted octanol–water partition coefficient (Wildman–Crippen LogP) is 0.420. The van der Waals surface area contributed by atoms with Crippen LogP contribution in [-0.4, -0.2) is 62.8 Å². The lowest BCUT2D eigenvalue weighted by Crippen LogP contribution is -2.50. The van der Waals surface area contributed by atoms with Crippen LogP contribution in [-0.2, 0) is 0 Å². The molecule has 0 spiro atoms. The molecule has 0 radical (unpaired) electrons. The number of rotatable bonds is 3. The van der Waals surface area contributed by atoms with Crippen molar-refractivity contribution in [3.63, 3.8) is 0 Å². The van der Waals surface area contributed by atoms with Crippen molar-refractivity contribution in [3.8, 4) is 33.4 Å². The summed E-state index contributed by atoms with van der Waals surface area (Å²) in [5.74, 6) is 0. The van der Waals surface area contributed by atoms with Gasteiger partial charge in [0.05, 0.1) is 0 Å². The summed E-state index contributed by atoms with van der Waals surface area (Å²) in [6.07, 6.45) is 0. The van der Waals surface area contributed by atoms with E-state index in [1.54, 1.807) is 0 Å². The summed E-state index contributed by atoms with van der Waals surface area (Å²) in [5, 5.41) is 15.3. The van der Waals surface area contributed by atoms with E-state index in [0.717, 1.165) is 16.6 Å². The number of furan rings is 1. The van der Waals surface area contributed by atoms with Crippen molar-refractivity contribution in [2.75, 3.05) is 0 Å². The largest absolute Gasteiger partial charge is 0.456 e. The third-order valence-corrected chi connectivity index (χ3v) is 14.3. The first-order valence-corrected chi connectivity index (χ1v) is 20.9. The molecule has 0 amide bonds. The maximum atomic E-state index is 6.55. The van der Waals surface area contributed by atoms with Crippen LogP contribution in [0.5, 0.6) is 0 Å². The van der Waals surface area contributed by atoms with Gasteiger partial charge < -0.3 is 4.42 Å². The van der Waals surface area contributed by atoms with Gasteiger partial charge in [0, 0.05) is 10.8 Å². The monoisotopic (exact) mass is 742 g/mol. The number of benzene rings is 10. The van der Waals surface area contributed by atoms with Crippen molar-refractivity contribution in [2.24, 2.45) is 0 Å². The van der Waals surface area contributed by atoms with Gasteiger partial charge in [-0.1, -0.05) is 125 Å². The molecular weight excluding hydrogens is 703 g/mol. The second kappa shape index (κ2) is 13.2. The van der Waals surface area contributed by atoms with Gasteiger partial charge in [-0.3, -0.25) is 0 Å². The van der Waals surface area contributed by atoms with Crippen LogP contribution in [0.4, 0.5) is 0 Å². The van der Waals surface area contributed by atoms with Crippen molar-refractivity contribution < 1.29 is 4.42 Å². The zero-order chi connectivity index (χ0) is 40.4. The molecule has 1 nitrogen and oxygen atoms in total. The number of hydrogen-bond acceptors (Lipinski definition) is 1. The summed E-state index contributed by atoms with van der Waals surface area (Å²) in [6.45, 7) is 0. The van der Waals surface area contributed by atoms with E-state index >= 15 is 0 Å². The van der Waals surface area contributed by atoms with Crippen molar-refractivity contribution >= 4 is 182 Å². The van der Waals surface area contributed by atoms with Crippen molar-refractivity contribution in [1.82, 2.24) is 0 Å². The SMILES string of the molecule is Bc1c(B)c(B)c2c(-c3ccc4oc5ccc6ccccc6c5c4c3)c3c(B)c(B)c(B)c(B)c3c(-c3cccc(-c4ccc5c(ccc6ccccc65)c4)c3)c2c1B. The number of fused-ring (bicyclic) bond motifs is 10. The molecule has 0 saturated heterocycles. The van der Waals surface area contributed by atoms with Crippen LogP contribution >= 0.6 is 0 Å². The molecule has 1 aromatic heterocycles. The molecule has 59 heavy (non-hydrogen) atoms. The van der Waals surface area contributed by atoms with Crippen LogP contribution in [0.1, 0.15) is 0 Å². The minimum Gasteiger partial charge on any atom is -0.456 e. The lowest BCUT2D eigenvalue weighted by molar-refractivity contribution is 0.669. The van der Waals surface area contributed by atoms with Crippen LogP contribution in [0.25, 0.3) is 109 Å². The normalized spacial score (nSPS) is 11.9. The van der Waals surface area contributed by atoms with Gasteiger partial charge in [-0.15, -0.1) is 21.9 Å². The second-order valence-corrected chi connectivity index (χ2v) is 17.0. The van der Waals surface area contributed by atoms with Crippen LogP contribution in [0.3, 0.4) is 0 Å². The Labute approximate surface area is 351 Å². The summed E-state index contributed by atoms with van der Waals surface area (Å²) < 4.78 is 6.55. The molecule has 0 unspecified atom stereocenters. The molecule has 0 aliphatic heterocycles. The van der Waals surface area contributed by atoms with Crippen molar-refractivity contribution in [2.45, 2.75) is 0 Å². The minimum atomic E-state index is 0.920. The Balaban J connectivity index is 1.25. The molecule has 11 aromatic rings.